The molecule has 22 heavy (non-hydrogen) atoms. The molecular formula is C19H20O3. The number of hydrogen-bond acceptors (Lipinski definition) is 2. The Balaban J connectivity index is 2.50. The second-order valence-electron chi connectivity index (χ2n) is 5.09. The van der Waals surface area contributed by atoms with Crippen LogP contribution >= 0.6 is 0 Å². The first-order valence-electron chi connectivity index (χ1n) is 7.42. The number of rotatable bonds is 5. The van der Waals surface area contributed by atoms with E-state index < -0.39 is 5.97 Å². The number of phenolic OH excluding ortho intramolecular Hbond substituents is 1. The van der Waals surface area contributed by atoms with Crippen LogP contribution in [0.15, 0.2) is 48.5 Å². The third kappa shape index (κ3) is 3.37. The number of aromatic hydroxyl groups is 1. The molecule has 0 atom stereocenters. The van der Waals surface area contributed by atoms with Crippen LogP contribution in [0.5, 0.6) is 5.75 Å². The summed E-state index contributed by atoms with van der Waals surface area (Å²) in [5.41, 5.74) is 4.83. The Morgan fingerprint density at radius 3 is 1.50 bits per heavy atom. The molecule has 0 aliphatic heterocycles. The fourth-order valence-electron chi connectivity index (χ4n) is 2.66. The highest BCUT2D eigenvalue weighted by molar-refractivity contribution is 5.92. The van der Waals surface area contributed by atoms with Crippen molar-refractivity contribution < 1.29 is 15.0 Å². The molecule has 0 saturated heterocycles. The number of allylic oxidation sites excluding steroid dienone is 2. The molecule has 0 spiro atoms. The fourth-order valence-corrected chi connectivity index (χ4v) is 2.66. The zero-order valence-corrected chi connectivity index (χ0v) is 12.8. The van der Waals surface area contributed by atoms with Crippen molar-refractivity contribution in [3.05, 3.63) is 65.2 Å². The molecule has 2 rings (SSSR count). The van der Waals surface area contributed by atoms with E-state index >= 15 is 0 Å². The van der Waals surface area contributed by atoms with E-state index in [0.717, 1.165) is 24.0 Å². The normalized spacial score (nSPS) is 11.9. The molecule has 0 aliphatic rings. The molecule has 2 N–H and O–H groups in total. The zero-order valence-electron chi connectivity index (χ0n) is 12.8. The second kappa shape index (κ2) is 6.94. The van der Waals surface area contributed by atoms with Gasteiger partial charge in [0.15, 0.2) is 0 Å². The fraction of sp³-hybridized carbons (Fsp3) is 0.211. The molecule has 0 amide bonds. The molecule has 0 fully saturated rings. The minimum Gasteiger partial charge on any atom is -0.508 e. The number of carboxylic acids is 1. The van der Waals surface area contributed by atoms with E-state index in [1.165, 1.54) is 11.1 Å². The smallest absolute Gasteiger partial charge is 0.335 e. The molecule has 2 aromatic carbocycles. The van der Waals surface area contributed by atoms with E-state index in [4.69, 9.17) is 5.11 Å². The largest absolute Gasteiger partial charge is 0.508 e. The molecule has 0 saturated carbocycles. The molecule has 3 nitrogen and oxygen atoms in total. The van der Waals surface area contributed by atoms with Crippen LogP contribution in [0.4, 0.5) is 0 Å². The maximum Gasteiger partial charge on any atom is 0.335 e. The summed E-state index contributed by atoms with van der Waals surface area (Å²) in [4.78, 5) is 11.0. The van der Waals surface area contributed by atoms with Gasteiger partial charge in [0.05, 0.1) is 5.56 Å². The van der Waals surface area contributed by atoms with E-state index in [0.29, 0.717) is 5.56 Å². The van der Waals surface area contributed by atoms with Gasteiger partial charge in [-0.3, -0.25) is 0 Å². The van der Waals surface area contributed by atoms with Crippen molar-refractivity contribution in [2.45, 2.75) is 26.7 Å². The number of carboxylic acid groups (broad SMARTS) is 1. The van der Waals surface area contributed by atoms with Crippen LogP contribution in [0.1, 0.15) is 48.2 Å². The van der Waals surface area contributed by atoms with Gasteiger partial charge in [0.1, 0.15) is 5.75 Å². The number of hydrogen-bond donors (Lipinski definition) is 2. The maximum absolute atomic E-state index is 11.0. The highest BCUT2D eigenvalue weighted by Crippen LogP contribution is 2.32. The standard InChI is InChI=1S/C19H20O3/c1-3-17(13-5-7-15(8-6-13)19(21)22)18(4-2)14-9-11-16(20)12-10-14/h5-12,20H,3-4H2,1-2H3,(H,21,22)/b18-17+. The predicted molar refractivity (Wildman–Crippen MR) is 88.9 cm³/mol. The number of aromatic carboxylic acids is 1. The van der Waals surface area contributed by atoms with Crippen molar-refractivity contribution >= 4 is 17.1 Å². The first kappa shape index (κ1) is 15.8. The van der Waals surface area contributed by atoms with Crippen LogP contribution in [0, 0.1) is 0 Å². The van der Waals surface area contributed by atoms with Crippen LogP contribution in [0.2, 0.25) is 0 Å². The van der Waals surface area contributed by atoms with Crippen molar-refractivity contribution in [2.75, 3.05) is 0 Å². The summed E-state index contributed by atoms with van der Waals surface area (Å²) in [6.45, 7) is 4.19. The average Bonchev–Trinajstić information content (AvgIpc) is 2.53. The zero-order chi connectivity index (χ0) is 16.1. The molecule has 114 valence electrons. The molecule has 3 heteroatoms. The molecule has 2 aromatic rings. The van der Waals surface area contributed by atoms with Crippen LogP contribution in [0.3, 0.4) is 0 Å². The number of benzene rings is 2. The van der Waals surface area contributed by atoms with E-state index in [2.05, 4.69) is 13.8 Å². The van der Waals surface area contributed by atoms with E-state index in [1.54, 1.807) is 24.3 Å². The van der Waals surface area contributed by atoms with Gasteiger partial charge >= 0.3 is 5.97 Å². The molecular weight excluding hydrogens is 276 g/mol. The van der Waals surface area contributed by atoms with Crippen LogP contribution < -0.4 is 0 Å². The van der Waals surface area contributed by atoms with Gasteiger partial charge in [-0.25, -0.2) is 4.79 Å². The van der Waals surface area contributed by atoms with E-state index in [1.807, 2.05) is 24.3 Å². The first-order chi connectivity index (χ1) is 10.6. The Labute approximate surface area is 130 Å². The summed E-state index contributed by atoms with van der Waals surface area (Å²) in [5.74, 6) is -0.661. The Kier molecular flexibility index (Phi) is 4.99. The van der Waals surface area contributed by atoms with Crippen molar-refractivity contribution in [3.63, 3.8) is 0 Å². The van der Waals surface area contributed by atoms with E-state index in [-0.39, 0.29) is 5.75 Å². The van der Waals surface area contributed by atoms with Crippen LogP contribution in [0.25, 0.3) is 11.1 Å². The summed E-state index contributed by atoms with van der Waals surface area (Å²) in [6, 6.07) is 14.2. The summed E-state index contributed by atoms with van der Waals surface area (Å²) in [6.07, 6.45) is 1.73. The quantitative estimate of drug-likeness (QED) is 0.778. The highest BCUT2D eigenvalue weighted by atomic mass is 16.4. The van der Waals surface area contributed by atoms with Gasteiger partial charge in [-0.15, -0.1) is 0 Å². The number of phenols is 1. The van der Waals surface area contributed by atoms with E-state index in [9.17, 15) is 9.90 Å². The third-order valence-electron chi connectivity index (χ3n) is 3.77. The minimum atomic E-state index is -0.914. The summed E-state index contributed by atoms with van der Waals surface area (Å²) >= 11 is 0. The summed E-state index contributed by atoms with van der Waals surface area (Å²) in [7, 11) is 0. The van der Waals surface area contributed by atoms with Gasteiger partial charge in [-0.05, 0) is 59.4 Å². The van der Waals surface area contributed by atoms with Crippen molar-refractivity contribution in [1.82, 2.24) is 0 Å². The predicted octanol–water partition coefficient (Wildman–Crippen LogP) is 4.82. The lowest BCUT2D eigenvalue weighted by molar-refractivity contribution is 0.0697. The lowest BCUT2D eigenvalue weighted by Gasteiger charge is -2.14. The average molecular weight is 296 g/mol. The third-order valence-corrected chi connectivity index (χ3v) is 3.77. The van der Waals surface area contributed by atoms with Gasteiger partial charge in [-0.1, -0.05) is 38.1 Å². The molecule has 0 heterocycles. The van der Waals surface area contributed by atoms with Gasteiger partial charge in [0.25, 0.3) is 0 Å². The molecule has 0 bridgehead atoms. The number of carbonyl (C=O) groups is 1. The van der Waals surface area contributed by atoms with Crippen molar-refractivity contribution in [2.24, 2.45) is 0 Å². The molecule has 0 aliphatic carbocycles. The molecule has 0 aromatic heterocycles. The van der Waals surface area contributed by atoms with Gasteiger partial charge in [0.2, 0.25) is 0 Å². The van der Waals surface area contributed by atoms with Crippen LogP contribution in [-0.2, 0) is 0 Å². The minimum absolute atomic E-state index is 0.253. The Morgan fingerprint density at radius 2 is 1.14 bits per heavy atom. The van der Waals surface area contributed by atoms with Gasteiger partial charge < -0.3 is 10.2 Å². The SMILES string of the molecule is CC/C(=C(/CC)c1ccc(C(=O)O)cc1)c1ccc(O)cc1. The topological polar surface area (TPSA) is 57.5 Å². The van der Waals surface area contributed by atoms with Gasteiger partial charge in [0, 0.05) is 0 Å². The lowest BCUT2D eigenvalue weighted by atomic mass is 9.91. The van der Waals surface area contributed by atoms with Crippen molar-refractivity contribution in [1.29, 1.82) is 0 Å². The molecule has 0 unspecified atom stereocenters. The Hall–Kier alpha value is -2.55. The van der Waals surface area contributed by atoms with Gasteiger partial charge in [-0.2, -0.15) is 0 Å². The molecule has 0 radical (unpaired) electrons. The van der Waals surface area contributed by atoms with Crippen LogP contribution in [-0.4, -0.2) is 16.2 Å². The highest BCUT2D eigenvalue weighted by Gasteiger charge is 2.10. The maximum atomic E-state index is 11.0. The summed E-state index contributed by atoms with van der Waals surface area (Å²) in [5, 5.41) is 18.4. The Bertz CT molecular complexity index is 680. The first-order valence-corrected chi connectivity index (χ1v) is 7.42. The van der Waals surface area contributed by atoms with Crippen molar-refractivity contribution in [3.8, 4) is 5.75 Å². The monoisotopic (exact) mass is 296 g/mol. The summed E-state index contributed by atoms with van der Waals surface area (Å²) < 4.78 is 0. The Morgan fingerprint density at radius 1 is 0.773 bits per heavy atom. The lowest BCUT2D eigenvalue weighted by Crippen LogP contribution is -1.97. The second-order valence-corrected chi connectivity index (χ2v) is 5.09.